The van der Waals surface area contributed by atoms with Crippen molar-refractivity contribution in [2.45, 2.75) is 20.3 Å². The minimum atomic E-state index is -0.582. The van der Waals surface area contributed by atoms with E-state index in [4.69, 9.17) is 9.26 Å². The summed E-state index contributed by atoms with van der Waals surface area (Å²) in [7, 11) is 0. The molecule has 0 aliphatic heterocycles. The molecule has 94 valence electrons. The number of hydrogen-bond donors (Lipinski definition) is 0. The molecule has 18 heavy (non-hydrogen) atoms. The van der Waals surface area contributed by atoms with Gasteiger partial charge in [-0.25, -0.2) is 4.79 Å². The Balaban J connectivity index is 2.12. The van der Waals surface area contributed by atoms with Gasteiger partial charge >= 0.3 is 11.9 Å². The molecule has 1 heterocycles. The van der Waals surface area contributed by atoms with Crippen LogP contribution in [0.25, 0.3) is 0 Å². The highest BCUT2D eigenvalue weighted by Crippen LogP contribution is 2.11. The lowest BCUT2D eigenvalue weighted by atomic mass is 10.1. The molecule has 0 amide bonds. The zero-order chi connectivity index (χ0) is 13.0. The fraction of sp³-hybridized carbons (Fsp3) is 0.308. The van der Waals surface area contributed by atoms with Crippen molar-refractivity contribution in [3.8, 4) is 0 Å². The van der Waals surface area contributed by atoms with Gasteiger partial charge in [0.2, 0.25) is 0 Å². The normalized spacial score (nSPS) is 10.3. The Bertz CT molecular complexity index is 549. The Hall–Kier alpha value is -2.17. The molecule has 0 fully saturated rings. The second-order valence-corrected chi connectivity index (χ2v) is 3.84. The number of aryl methyl sites for hydroxylation is 1. The second kappa shape index (κ2) is 5.44. The van der Waals surface area contributed by atoms with Crippen LogP contribution in [0.5, 0.6) is 0 Å². The molecule has 0 atom stereocenters. The van der Waals surface area contributed by atoms with E-state index in [1.165, 1.54) is 0 Å². The van der Waals surface area contributed by atoms with Crippen molar-refractivity contribution in [3.63, 3.8) is 0 Å². The molecule has 1 aromatic heterocycles. The van der Waals surface area contributed by atoms with Crippen LogP contribution in [0, 0.1) is 6.92 Å². The average molecular weight is 246 g/mol. The topological polar surface area (TPSA) is 65.2 Å². The molecular weight excluding hydrogens is 232 g/mol. The van der Waals surface area contributed by atoms with Crippen molar-refractivity contribution in [1.82, 2.24) is 10.1 Å². The van der Waals surface area contributed by atoms with Crippen LogP contribution in [0.1, 0.15) is 34.6 Å². The van der Waals surface area contributed by atoms with Gasteiger partial charge in [-0.15, -0.1) is 0 Å². The number of carbonyl (C=O) groups is 1. The van der Waals surface area contributed by atoms with Crippen molar-refractivity contribution in [2.75, 3.05) is 6.61 Å². The van der Waals surface area contributed by atoms with Crippen LogP contribution < -0.4 is 0 Å². The summed E-state index contributed by atoms with van der Waals surface area (Å²) in [6.45, 7) is 4.03. The number of aromatic nitrogens is 2. The smallest absolute Gasteiger partial charge is 0.397 e. The minimum absolute atomic E-state index is 0.0968. The number of rotatable bonds is 4. The fourth-order valence-electron chi connectivity index (χ4n) is 1.58. The maximum absolute atomic E-state index is 11.4. The van der Waals surface area contributed by atoms with Crippen LogP contribution in [0.2, 0.25) is 0 Å². The van der Waals surface area contributed by atoms with Gasteiger partial charge in [0.25, 0.3) is 0 Å². The van der Waals surface area contributed by atoms with Gasteiger partial charge in [-0.2, -0.15) is 4.98 Å². The summed E-state index contributed by atoms with van der Waals surface area (Å²) < 4.78 is 9.64. The number of carbonyl (C=O) groups excluding carboxylic acids is 1. The average Bonchev–Trinajstić information content (AvgIpc) is 2.81. The van der Waals surface area contributed by atoms with Crippen LogP contribution >= 0.6 is 0 Å². The maximum atomic E-state index is 11.4. The molecule has 0 N–H and O–H groups in total. The van der Waals surface area contributed by atoms with E-state index in [1.807, 2.05) is 31.2 Å². The lowest BCUT2D eigenvalue weighted by Crippen LogP contribution is -2.05. The molecule has 0 radical (unpaired) electrons. The predicted octanol–water partition coefficient (Wildman–Crippen LogP) is 2.15. The number of hydrogen-bond acceptors (Lipinski definition) is 5. The van der Waals surface area contributed by atoms with Gasteiger partial charge in [0.15, 0.2) is 5.82 Å². The van der Waals surface area contributed by atoms with Gasteiger partial charge in [0.05, 0.1) is 6.61 Å². The number of esters is 1. The van der Waals surface area contributed by atoms with Gasteiger partial charge in [0, 0.05) is 6.42 Å². The van der Waals surface area contributed by atoms with Crippen LogP contribution in [-0.2, 0) is 11.2 Å². The van der Waals surface area contributed by atoms with E-state index >= 15 is 0 Å². The largest absolute Gasteiger partial charge is 0.459 e. The van der Waals surface area contributed by atoms with Crippen LogP contribution in [0.4, 0.5) is 0 Å². The molecule has 0 spiro atoms. The number of ether oxygens (including phenoxy) is 1. The maximum Gasteiger partial charge on any atom is 0.397 e. The first-order valence-electron chi connectivity index (χ1n) is 5.75. The molecule has 0 aliphatic carbocycles. The molecule has 2 rings (SSSR count). The Morgan fingerprint density at radius 2 is 2.17 bits per heavy atom. The predicted molar refractivity (Wildman–Crippen MR) is 64.2 cm³/mol. The first-order chi connectivity index (χ1) is 8.70. The molecule has 0 saturated carbocycles. The standard InChI is InChI=1S/C13H14N2O3/c1-3-17-13(16)12-14-11(15-18-12)8-10-7-5-4-6-9(10)2/h4-7H,3,8H2,1-2H3. The van der Waals surface area contributed by atoms with E-state index in [1.54, 1.807) is 6.92 Å². The van der Waals surface area contributed by atoms with E-state index in [0.29, 0.717) is 12.2 Å². The van der Waals surface area contributed by atoms with Gasteiger partial charge in [-0.3, -0.25) is 0 Å². The first kappa shape index (κ1) is 12.3. The molecule has 2 aromatic rings. The monoisotopic (exact) mass is 246 g/mol. The lowest BCUT2D eigenvalue weighted by Gasteiger charge is -2.00. The summed E-state index contributed by atoms with van der Waals surface area (Å²) >= 11 is 0. The molecule has 0 saturated heterocycles. The minimum Gasteiger partial charge on any atom is -0.459 e. The highest BCUT2D eigenvalue weighted by atomic mass is 16.6. The van der Waals surface area contributed by atoms with Crippen molar-refractivity contribution < 1.29 is 14.1 Å². The molecule has 5 heteroatoms. The first-order valence-corrected chi connectivity index (χ1v) is 5.75. The van der Waals surface area contributed by atoms with E-state index in [-0.39, 0.29) is 12.5 Å². The third-order valence-electron chi connectivity index (χ3n) is 2.53. The van der Waals surface area contributed by atoms with E-state index in [9.17, 15) is 4.79 Å². The Morgan fingerprint density at radius 3 is 2.89 bits per heavy atom. The third-order valence-corrected chi connectivity index (χ3v) is 2.53. The molecule has 0 unspecified atom stereocenters. The van der Waals surface area contributed by atoms with Crippen molar-refractivity contribution in [2.24, 2.45) is 0 Å². The number of benzene rings is 1. The Morgan fingerprint density at radius 1 is 1.39 bits per heavy atom. The van der Waals surface area contributed by atoms with Crippen LogP contribution in [-0.4, -0.2) is 22.7 Å². The van der Waals surface area contributed by atoms with Gasteiger partial charge < -0.3 is 9.26 Å². The van der Waals surface area contributed by atoms with Gasteiger partial charge in [-0.05, 0) is 25.0 Å². The zero-order valence-electron chi connectivity index (χ0n) is 10.3. The van der Waals surface area contributed by atoms with Crippen LogP contribution in [0.3, 0.4) is 0 Å². The molecule has 1 aromatic carbocycles. The van der Waals surface area contributed by atoms with Crippen molar-refractivity contribution >= 4 is 5.97 Å². The highest BCUT2D eigenvalue weighted by molar-refractivity contribution is 5.83. The highest BCUT2D eigenvalue weighted by Gasteiger charge is 2.16. The fourth-order valence-corrected chi connectivity index (χ4v) is 1.58. The van der Waals surface area contributed by atoms with E-state index in [2.05, 4.69) is 10.1 Å². The third kappa shape index (κ3) is 2.74. The molecular formula is C13H14N2O3. The van der Waals surface area contributed by atoms with E-state index < -0.39 is 5.97 Å². The molecule has 0 aliphatic rings. The van der Waals surface area contributed by atoms with E-state index in [0.717, 1.165) is 11.1 Å². The Kier molecular flexibility index (Phi) is 3.72. The summed E-state index contributed by atoms with van der Waals surface area (Å²) in [5, 5.41) is 3.77. The van der Waals surface area contributed by atoms with Crippen molar-refractivity contribution in [3.05, 3.63) is 47.1 Å². The summed E-state index contributed by atoms with van der Waals surface area (Å²) in [5.41, 5.74) is 2.26. The summed E-state index contributed by atoms with van der Waals surface area (Å²) in [6.07, 6.45) is 0.537. The molecule has 0 bridgehead atoms. The lowest BCUT2D eigenvalue weighted by molar-refractivity contribution is 0.0470. The quantitative estimate of drug-likeness (QED) is 0.773. The Labute approximate surface area is 105 Å². The summed E-state index contributed by atoms with van der Waals surface area (Å²) in [4.78, 5) is 15.4. The summed E-state index contributed by atoms with van der Waals surface area (Å²) in [5.74, 6) is -0.200. The number of nitrogens with zero attached hydrogens (tertiary/aromatic N) is 2. The van der Waals surface area contributed by atoms with Crippen molar-refractivity contribution in [1.29, 1.82) is 0 Å². The SMILES string of the molecule is CCOC(=O)c1nc(Cc2ccccc2C)no1. The summed E-state index contributed by atoms with van der Waals surface area (Å²) in [6, 6.07) is 7.94. The van der Waals surface area contributed by atoms with Gasteiger partial charge in [0.1, 0.15) is 0 Å². The molecule has 5 nitrogen and oxygen atoms in total. The second-order valence-electron chi connectivity index (χ2n) is 3.84. The van der Waals surface area contributed by atoms with Gasteiger partial charge in [-0.1, -0.05) is 29.4 Å². The zero-order valence-corrected chi connectivity index (χ0v) is 10.3. The van der Waals surface area contributed by atoms with Crippen LogP contribution in [0.15, 0.2) is 28.8 Å².